The molecule has 0 bridgehead atoms. The number of aromatic amines is 1. The summed E-state index contributed by atoms with van der Waals surface area (Å²) in [4.78, 5) is 26.1. The lowest BCUT2D eigenvalue weighted by Gasteiger charge is -2.16. The summed E-state index contributed by atoms with van der Waals surface area (Å²) in [5.74, 6) is 0.793. The van der Waals surface area contributed by atoms with E-state index in [1.807, 2.05) is 54.2 Å². The number of benzene rings is 1. The summed E-state index contributed by atoms with van der Waals surface area (Å²) in [6, 6.07) is 11.8. The third-order valence-corrected chi connectivity index (χ3v) is 5.64. The number of imidazole rings is 1. The maximum atomic E-state index is 13.4. The first-order valence-corrected chi connectivity index (χ1v) is 11.2. The van der Waals surface area contributed by atoms with Crippen molar-refractivity contribution in [3.63, 3.8) is 0 Å². The Morgan fingerprint density at radius 2 is 1.88 bits per heavy atom. The Bertz CT molecular complexity index is 1220. The molecule has 4 rings (SSSR count). The van der Waals surface area contributed by atoms with Gasteiger partial charge < -0.3 is 10.3 Å². The number of nitrogens with zero attached hydrogens (tertiary/aromatic N) is 4. The highest BCUT2D eigenvalue weighted by Crippen LogP contribution is 2.26. The molecule has 1 amide bonds. The van der Waals surface area contributed by atoms with Gasteiger partial charge in [0.2, 0.25) is 0 Å². The number of carbonyl (C=O) groups is 1. The largest absolute Gasteiger partial charge is 0.342 e. The van der Waals surface area contributed by atoms with Crippen LogP contribution in [0.2, 0.25) is 0 Å². The second-order valence-electron chi connectivity index (χ2n) is 8.65. The van der Waals surface area contributed by atoms with Crippen LogP contribution in [0.5, 0.6) is 0 Å². The maximum Gasteiger partial charge on any atom is 0.252 e. The van der Waals surface area contributed by atoms with Crippen LogP contribution in [-0.4, -0.2) is 30.6 Å². The molecule has 0 aliphatic heterocycles. The zero-order chi connectivity index (χ0) is 22.8. The number of H-pyrrole nitrogens is 1. The van der Waals surface area contributed by atoms with E-state index in [-0.39, 0.29) is 23.9 Å². The van der Waals surface area contributed by atoms with Crippen molar-refractivity contribution >= 4 is 16.9 Å². The first-order chi connectivity index (χ1) is 15.4. The molecular formula is C25H30N6O. The average molecular weight is 431 g/mol. The molecule has 0 spiro atoms. The van der Waals surface area contributed by atoms with Gasteiger partial charge in [0.25, 0.3) is 5.91 Å². The van der Waals surface area contributed by atoms with Gasteiger partial charge in [-0.25, -0.2) is 14.6 Å². The van der Waals surface area contributed by atoms with Crippen molar-refractivity contribution in [2.45, 2.75) is 59.0 Å². The second kappa shape index (κ2) is 8.94. The Hall–Kier alpha value is -3.48. The maximum absolute atomic E-state index is 13.4. The molecule has 0 fully saturated rings. The van der Waals surface area contributed by atoms with Crippen LogP contribution in [0.4, 0.5) is 0 Å². The van der Waals surface area contributed by atoms with Crippen molar-refractivity contribution in [1.82, 2.24) is 30.0 Å². The lowest BCUT2D eigenvalue weighted by Crippen LogP contribution is -2.29. The predicted molar refractivity (Wildman–Crippen MR) is 127 cm³/mol. The predicted octanol–water partition coefficient (Wildman–Crippen LogP) is 5.41. The third-order valence-electron chi connectivity index (χ3n) is 5.64. The molecule has 0 aliphatic carbocycles. The van der Waals surface area contributed by atoms with Crippen molar-refractivity contribution in [2.24, 2.45) is 0 Å². The summed E-state index contributed by atoms with van der Waals surface area (Å²) in [6.07, 6.45) is 4.26. The van der Waals surface area contributed by atoms with Crippen molar-refractivity contribution in [1.29, 1.82) is 0 Å². The number of aromatic nitrogens is 5. The topological polar surface area (TPSA) is 88.5 Å². The Morgan fingerprint density at radius 1 is 1.12 bits per heavy atom. The molecule has 0 radical (unpaired) electrons. The van der Waals surface area contributed by atoms with E-state index in [0.29, 0.717) is 12.0 Å². The number of hydrogen-bond acceptors (Lipinski definition) is 4. The van der Waals surface area contributed by atoms with Crippen molar-refractivity contribution < 1.29 is 4.79 Å². The lowest BCUT2D eigenvalue weighted by molar-refractivity contribution is 0.0935. The molecule has 2 N–H and O–H groups in total. The molecule has 1 aromatic carbocycles. The fraction of sp³-hybridized carbons (Fsp3) is 0.360. The quantitative estimate of drug-likeness (QED) is 0.410. The van der Waals surface area contributed by atoms with Crippen molar-refractivity contribution in [3.8, 4) is 11.3 Å². The van der Waals surface area contributed by atoms with Crippen LogP contribution < -0.4 is 5.32 Å². The Labute approximate surface area is 188 Å². The molecule has 1 unspecified atom stereocenters. The number of rotatable bonds is 7. The number of amides is 1. The van der Waals surface area contributed by atoms with Gasteiger partial charge >= 0.3 is 0 Å². The minimum atomic E-state index is -0.231. The highest BCUT2D eigenvalue weighted by atomic mass is 16.1. The zero-order valence-corrected chi connectivity index (χ0v) is 19.3. The minimum Gasteiger partial charge on any atom is -0.342 e. The minimum absolute atomic E-state index is 0.146. The third kappa shape index (κ3) is 4.15. The van der Waals surface area contributed by atoms with E-state index in [1.165, 1.54) is 0 Å². The van der Waals surface area contributed by atoms with E-state index in [9.17, 15) is 4.79 Å². The fourth-order valence-corrected chi connectivity index (χ4v) is 3.78. The molecule has 0 aliphatic rings. The molecule has 3 heterocycles. The van der Waals surface area contributed by atoms with E-state index in [2.05, 4.69) is 48.1 Å². The molecule has 1 atom stereocenters. The molecule has 7 heteroatoms. The van der Waals surface area contributed by atoms with Gasteiger partial charge in [0, 0.05) is 11.7 Å². The molecule has 0 saturated carbocycles. The summed E-state index contributed by atoms with van der Waals surface area (Å²) < 4.78 is 1.87. The molecule has 4 aromatic rings. The molecule has 0 saturated heterocycles. The highest BCUT2D eigenvalue weighted by Gasteiger charge is 2.22. The first kappa shape index (κ1) is 21.7. The Kier molecular flexibility index (Phi) is 6.08. The van der Waals surface area contributed by atoms with Gasteiger partial charge in [0.05, 0.1) is 35.1 Å². The van der Waals surface area contributed by atoms with E-state index >= 15 is 0 Å². The van der Waals surface area contributed by atoms with E-state index in [1.54, 1.807) is 6.20 Å². The average Bonchev–Trinajstić information content (AvgIpc) is 3.44. The normalized spacial score (nSPS) is 12.6. The summed E-state index contributed by atoms with van der Waals surface area (Å²) in [5.41, 5.74) is 4.21. The van der Waals surface area contributed by atoms with Gasteiger partial charge in [0.1, 0.15) is 5.82 Å². The monoisotopic (exact) mass is 430 g/mol. The van der Waals surface area contributed by atoms with Gasteiger partial charge in [-0.1, -0.05) is 51.1 Å². The molecule has 32 heavy (non-hydrogen) atoms. The van der Waals surface area contributed by atoms with Crippen LogP contribution in [0.1, 0.15) is 80.9 Å². The number of pyridine rings is 1. The number of hydrogen-bond donors (Lipinski definition) is 2. The lowest BCUT2D eigenvalue weighted by atomic mass is 10.0. The van der Waals surface area contributed by atoms with Crippen LogP contribution in [0.3, 0.4) is 0 Å². The van der Waals surface area contributed by atoms with Gasteiger partial charge in [-0.3, -0.25) is 4.79 Å². The van der Waals surface area contributed by atoms with Crippen molar-refractivity contribution in [2.75, 3.05) is 0 Å². The number of nitrogens with one attached hydrogen (secondary N) is 2. The molecule has 7 nitrogen and oxygen atoms in total. The van der Waals surface area contributed by atoms with Crippen LogP contribution in [0, 0.1) is 0 Å². The Morgan fingerprint density at radius 3 is 2.53 bits per heavy atom. The van der Waals surface area contributed by atoms with E-state index < -0.39 is 0 Å². The first-order valence-electron chi connectivity index (χ1n) is 11.2. The summed E-state index contributed by atoms with van der Waals surface area (Å²) >= 11 is 0. The molecule has 166 valence electrons. The summed E-state index contributed by atoms with van der Waals surface area (Å²) in [6.45, 7) is 10.3. The van der Waals surface area contributed by atoms with Gasteiger partial charge in [0.15, 0.2) is 5.65 Å². The van der Waals surface area contributed by atoms with Crippen molar-refractivity contribution in [3.05, 3.63) is 65.9 Å². The smallest absolute Gasteiger partial charge is 0.252 e. The fourth-order valence-electron chi connectivity index (χ4n) is 3.78. The molecular weight excluding hydrogens is 400 g/mol. The van der Waals surface area contributed by atoms with E-state index in [0.717, 1.165) is 33.8 Å². The SMILES string of the molecule is CCC(NC(=O)c1cc(C(C)C)nc2c1cnn2C(C)C)c1ncc(-c2ccccc2)[nH]1. The summed E-state index contributed by atoms with van der Waals surface area (Å²) in [5, 5.41) is 8.42. The zero-order valence-electron chi connectivity index (χ0n) is 19.3. The summed E-state index contributed by atoms with van der Waals surface area (Å²) in [7, 11) is 0. The standard InChI is InChI=1S/C25H30N6O/c1-6-20(23-26-14-22(28-23)17-10-8-7-9-11-17)30-25(32)18-12-21(15(2)3)29-24-19(18)13-27-31(24)16(4)5/h7-16,20H,6H2,1-5H3,(H,26,28)(H,30,32). The molecule has 3 aromatic heterocycles. The second-order valence-corrected chi connectivity index (χ2v) is 8.65. The Balaban J connectivity index is 1.66. The van der Waals surface area contributed by atoms with Crippen LogP contribution in [0.25, 0.3) is 22.3 Å². The number of carbonyl (C=O) groups excluding carboxylic acids is 1. The van der Waals surface area contributed by atoms with Crippen LogP contribution >= 0.6 is 0 Å². The highest BCUT2D eigenvalue weighted by molar-refractivity contribution is 6.05. The van der Waals surface area contributed by atoms with Crippen LogP contribution in [-0.2, 0) is 0 Å². The van der Waals surface area contributed by atoms with Gasteiger partial charge in [-0.2, -0.15) is 5.10 Å². The number of fused-ring (bicyclic) bond motifs is 1. The van der Waals surface area contributed by atoms with Gasteiger partial charge in [-0.05, 0) is 37.8 Å². The van der Waals surface area contributed by atoms with E-state index in [4.69, 9.17) is 4.98 Å². The van der Waals surface area contributed by atoms with Crippen LogP contribution in [0.15, 0.2) is 48.8 Å². The van der Waals surface area contributed by atoms with Gasteiger partial charge in [-0.15, -0.1) is 0 Å².